The lowest BCUT2D eigenvalue weighted by molar-refractivity contribution is 0.220. The largest absolute Gasteiger partial charge is 0.345 e. The Hall–Kier alpha value is -1.74. The van der Waals surface area contributed by atoms with Crippen LogP contribution in [-0.2, 0) is 12.3 Å². The van der Waals surface area contributed by atoms with Gasteiger partial charge in [-0.05, 0) is 32.9 Å². The van der Waals surface area contributed by atoms with Crippen molar-refractivity contribution in [2.45, 2.75) is 38.5 Å². The number of hydrogen-bond acceptors (Lipinski definition) is 6. The van der Waals surface area contributed by atoms with Crippen molar-refractivity contribution in [2.24, 2.45) is 4.99 Å². The highest BCUT2D eigenvalue weighted by atomic mass is 32.2. The van der Waals surface area contributed by atoms with Gasteiger partial charge >= 0.3 is 0 Å². The van der Waals surface area contributed by atoms with Crippen LogP contribution < -0.4 is 10.6 Å². The van der Waals surface area contributed by atoms with Crippen LogP contribution >= 0.6 is 23.1 Å². The van der Waals surface area contributed by atoms with Crippen LogP contribution in [-0.4, -0.2) is 47.8 Å². The van der Waals surface area contributed by atoms with E-state index in [-0.39, 0.29) is 0 Å². The van der Waals surface area contributed by atoms with E-state index in [1.165, 1.54) is 37.4 Å². The third-order valence-corrected chi connectivity index (χ3v) is 5.71. The predicted octanol–water partition coefficient (Wildman–Crippen LogP) is 2.40. The monoisotopic (exact) mass is 390 g/mol. The summed E-state index contributed by atoms with van der Waals surface area (Å²) in [6.07, 6.45) is 5.89. The molecule has 1 aromatic heterocycles. The van der Waals surface area contributed by atoms with Crippen molar-refractivity contribution < 1.29 is 0 Å². The summed E-state index contributed by atoms with van der Waals surface area (Å²) in [5.41, 5.74) is 1.16. The average molecular weight is 391 g/mol. The van der Waals surface area contributed by atoms with Gasteiger partial charge in [-0.3, -0.25) is 15.2 Å². The summed E-state index contributed by atoms with van der Waals surface area (Å²) >= 11 is 3.58. The Labute approximate surface area is 164 Å². The molecule has 0 amide bonds. The van der Waals surface area contributed by atoms with E-state index in [4.69, 9.17) is 10.2 Å². The maximum Gasteiger partial charge on any atom is 0.205 e. The van der Waals surface area contributed by atoms with Crippen LogP contribution in [0.4, 0.5) is 0 Å². The molecule has 0 radical (unpaired) electrons. The number of thiazole rings is 1. The van der Waals surface area contributed by atoms with Crippen molar-refractivity contribution in [3.05, 3.63) is 16.1 Å². The van der Waals surface area contributed by atoms with Crippen LogP contribution in [0.25, 0.3) is 0 Å². The Morgan fingerprint density at radius 1 is 1.42 bits per heavy atom. The summed E-state index contributed by atoms with van der Waals surface area (Å²) in [6.45, 7) is 6.32. The zero-order valence-electron chi connectivity index (χ0n) is 15.3. The van der Waals surface area contributed by atoms with Crippen molar-refractivity contribution >= 4 is 29.1 Å². The maximum atomic E-state index is 8.73. The van der Waals surface area contributed by atoms with Crippen molar-refractivity contribution in [1.29, 1.82) is 5.26 Å². The minimum absolute atomic E-state index is 0.480. The average Bonchev–Trinajstić information content (AvgIpc) is 3.09. The van der Waals surface area contributed by atoms with E-state index in [1.807, 2.05) is 18.0 Å². The van der Waals surface area contributed by atoms with Gasteiger partial charge in [0.15, 0.2) is 6.19 Å². The van der Waals surface area contributed by atoms with Gasteiger partial charge in [0.2, 0.25) is 5.96 Å². The second-order valence-electron chi connectivity index (χ2n) is 5.87. The molecule has 8 heteroatoms. The van der Waals surface area contributed by atoms with Gasteiger partial charge in [-0.1, -0.05) is 12.3 Å². The highest BCUT2D eigenvalue weighted by Gasteiger charge is 2.12. The van der Waals surface area contributed by atoms with E-state index >= 15 is 0 Å². The summed E-state index contributed by atoms with van der Waals surface area (Å²) in [6, 6.07) is 0. The van der Waals surface area contributed by atoms with Crippen molar-refractivity contribution in [3.8, 4) is 18.0 Å². The van der Waals surface area contributed by atoms with Gasteiger partial charge in [0.05, 0.1) is 25.3 Å². The Balaban J connectivity index is 1.66. The van der Waals surface area contributed by atoms with Crippen LogP contribution in [0, 0.1) is 23.3 Å². The minimum Gasteiger partial charge on any atom is -0.345 e. The Bertz CT molecular complexity index is 661. The number of nitrogens with zero attached hydrogens (tertiary/aromatic N) is 4. The van der Waals surface area contributed by atoms with Crippen molar-refractivity contribution in [1.82, 2.24) is 20.5 Å². The molecule has 2 heterocycles. The van der Waals surface area contributed by atoms with Crippen LogP contribution in [0.5, 0.6) is 0 Å². The number of piperidine rings is 1. The number of guanidine groups is 1. The third kappa shape index (κ3) is 8.09. The summed E-state index contributed by atoms with van der Waals surface area (Å²) < 4.78 is 0. The molecule has 0 spiro atoms. The molecule has 1 aromatic rings. The molecular weight excluding hydrogens is 364 g/mol. The second-order valence-corrected chi connectivity index (χ2v) is 7.92. The van der Waals surface area contributed by atoms with Gasteiger partial charge in [0.25, 0.3) is 0 Å². The van der Waals surface area contributed by atoms with Crippen LogP contribution in [0.1, 0.15) is 36.9 Å². The number of aromatic nitrogens is 1. The first-order valence-corrected chi connectivity index (χ1v) is 10.9. The fraction of sp³-hybridized carbons (Fsp3) is 0.611. The number of aliphatic imine (C=N–C) groups is 1. The molecule has 2 rings (SSSR count). The molecule has 1 saturated heterocycles. The normalized spacial score (nSPS) is 15.0. The fourth-order valence-corrected chi connectivity index (χ4v) is 4.27. The lowest BCUT2D eigenvalue weighted by Crippen LogP contribution is -2.35. The molecule has 0 aliphatic carbocycles. The second kappa shape index (κ2) is 12.6. The Kier molecular flexibility index (Phi) is 9.96. The molecule has 6 nitrogen and oxygen atoms in total. The molecule has 1 aliphatic heterocycles. The van der Waals surface area contributed by atoms with E-state index < -0.39 is 0 Å². The van der Waals surface area contributed by atoms with Gasteiger partial charge in [0.1, 0.15) is 5.01 Å². The van der Waals surface area contributed by atoms with Gasteiger partial charge < -0.3 is 5.32 Å². The van der Waals surface area contributed by atoms with Crippen LogP contribution in [0.15, 0.2) is 10.4 Å². The molecule has 2 N–H and O–H groups in total. The molecule has 0 atom stereocenters. The summed E-state index contributed by atoms with van der Waals surface area (Å²) in [7, 11) is 0. The zero-order valence-corrected chi connectivity index (χ0v) is 16.9. The highest BCUT2D eigenvalue weighted by Crippen LogP contribution is 2.19. The van der Waals surface area contributed by atoms with Crippen molar-refractivity contribution in [3.63, 3.8) is 0 Å². The first-order valence-electron chi connectivity index (χ1n) is 8.88. The molecule has 1 fully saturated rings. The van der Waals surface area contributed by atoms with E-state index in [2.05, 4.69) is 37.7 Å². The molecule has 0 unspecified atom stereocenters. The molecule has 1 aliphatic rings. The first kappa shape index (κ1) is 20.6. The number of nitrogens with one attached hydrogen (secondary N) is 2. The standard InChI is InChI=1S/C18H26N6S2/c1-2-3-7-20-18(22-15-19)21-8-11-25-13-16-14-26-17(23-16)12-24-9-5-4-6-10-24/h14H,4-13H2,1H3,(H2,20,21,22). The van der Waals surface area contributed by atoms with E-state index in [1.54, 1.807) is 18.3 Å². The lowest BCUT2D eigenvalue weighted by Gasteiger charge is -2.25. The summed E-state index contributed by atoms with van der Waals surface area (Å²) in [4.78, 5) is 11.6. The van der Waals surface area contributed by atoms with Crippen molar-refractivity contribution in [2.75, 3.05) is 31.9 Å². The number of hydrogen-bond donors (Lipinski definition) is 2. The predicted molar refractivity (Wildman–Crippen MR) is 110 cm³/mol. The van der Waals surface area contributed by atoms with E-state index in [9.17, 15) is 0 Å². The lowest BCUT2D eigenvalue weighted by atomic mass is 10.1. The number of nitriles is 1. The zero-order chi connectivity index (χ0) is 18.5. The minimum atomic E-state index is 0.480. The molecular formula is C18H26N6S2. The maximum absolute atomic E-state index is 8.73. The van der Waals surface area contributed by atoms with Gasteiger partial charge in [-0.2, -0.15) is 17.0 Å². The first-order chi connectivity index (χ1) is 12.8. The van der Waals surface area contributed by atoms with Gasteiger partial charge in [0, 0.05) is 16.9 Å². The van der Waals surface area contributed by atoms with Gasteiger partial charge in [-0.15, -0.1) is 17.3 Å². The highest BCUT2D eigenvalue weighted by molar-refractivity contribution is 7.98. The number of thioether (sulfide) groups is 1. The summed E-state index contributed by atoms with van der Waals surface area (Å²) in [5, 5.41) is 17.7. The quantitative estimate of drug-likeness (QED) is 0.177. The Morgan fingerprint density at radius 3 is 3.04 bits per heavy atom. The van der Waals surface area contributed by atoms with Gasteiger partial charge in [-0.25, -0.2) is 4.98 Å². The Morgan fingerprint density at radius 2 is 2.27 bits per heavy atom. The topological polar surface area (TPSA) is 76.3 Å². The number of likely N-dealkylation sites (tertiary alicyclic amines) is 1. The van der Waals surface area contributed by atoms with Crippen LogP contribution in [0.2, 0.25) is 0 Å². The molecule has 26 heavy (non-hydrogen) atoms. The molecule has 140 valence electrons. The van der Waals surface area contributed by atoms with E-state index in [0.29, 0.717) is 19.0 Å². The van der Waals surface area contributed by atoms with E-state index in [0.717, 1.165) is 23.7 Å². The molecule has 0 bridgehead atoms. The SMILES string of the molecule is CC#CCNC(=NCCSCc1csc(CN2CCCCC2)n1)NC#N. The summed E-state index contributed by atoms with van der Waals surface area (Å²) in [5.74, 6) is 7.95. The fourth-order valence-electron chi connectivity index (χ4n) is 2.60. The molecule has 0 aromatic carbocycles. The number of rotatable bonds is 8. The molecule has 0 saturated carbocycles. The van der Waals surface area contributed by atoms with Crippen LogP contribution in [0.3, 0.4) is 0 Å². The third-order valence-electron chi connectivity index (χ3n) is 3.86. The smallest absolute Gasteiger partial charge is 0.205 e.